The summed E-state index contributed by atoms with van der Waals surface area (Å²) in [4.78, 5) is 16.3. The molecule has 2 rings (SSSR count). The van der Waals surface area contributed by atoms with Gasteiger partial charge in [0.25, 0.3) is 5.91 Å². The highest BCUT2D eigenvalue weighted by atomic mass is 16.1. The molecule has 0 aliphatic heterocycles. The maximum absolute atomic E-state index is 12.1. The molecule has 4 heteroatoms. The Hall–Kier alpha value is -1.58. The Bertz CT molecular complexity index is 412. The maximum Gasteiger partial charge on any atom is 0.253 e. The third kappa shape index (κ3) is 4.23. The number of carbonyl (C=O) groups excluding carboxylic acids is 1. The minimum atomic E-state index is -0.0111. The minimum absolute atomic E-state index is 0.0111. The number of carbonyl (C=O) groups is 1. The number of aromatic nitrogens is 1. The third-order valence-electron chi connectivity index (χ3n) is 3.53. The van der Waals surface area contributed by atoms with Crippen LogP contribution in [0.1, 0.15) is 49.9 Å². The van der Waals surface area contributed by atoms with Crippen LogP contribution < -0.4 is 10.6 Å². The van der Waals surface area contributed by atoms with E-state index in [4.69, 9.17) is 0 Å². The molecule has 1 atom stereocenters. The lowest BCUT2D eigenvalue weighted by Gasteiger charge is -2.16. The molecule has 1 saturated carbocycles. The average molecular weight is 261 g/mol. The summed E-state index contributed by atoms with van der Waals surface area (Å²) in [5.74, 6) is 1.63. The third-order valence-corrected chi connectivity index (χ3v) is 3.53. The summed E-state index contributed by atoms with van der Waals surface area (Å²) in [5, 5.41) is 6.22. The molecule has 0 radical (unpaired) electrons. The summed E-state index contributed by atoms with van der Waals surface area (Å²) in [6.07, 6.45) is 6.39. The van der Waals surface area contributed by atoms with E-state index in [2.05, 4.69) is 22.5 Å². The van der Waals surface area contributed by atoms with Gasteiger partial charge in [-0.25, -0.2) is 4.98 Å². The van der Waals surface area contributed by atoms with Crippen LogP contribution in [-0.2, 0) is 0 Å². The molecule has 2 N–H and O–H groups in total. The molecule has 1 aromatic heterocycles. The fraction of sp³-hybridized carbons (Fsp3) is 0.600. The van der Waals surface area contributed by atoms with Gasteiger partial charge in [0.05, 0.1) is 5.56 Å². The van der Waals surface area contributed by atoms with Crippen LogP contribution in [0.5, 0.6) is 0 Å². The van der Waals surface area contributed by atoms with Crippen LogP contribution >= 0.6 is 0 Å². The molecule has 0 saturated heterocycles. The maximum atomic E-state index is 12.1. The molecule has 1 unspecified atom stereocenters. The van der Waals surface area contributed by atoms with Gasteiger partial charge in [0, 0.05) is 18.8 Å². The molecule has 0 bridgehead atoms. The fourth-order valence-corrected chi connectivity index (χ4v) is 2.17. The number of amides is 1. The summed E-state index contributed by atoms with van der Waals surface area (Å²) in [5.41, 5.74) is 0.635. The summed E-state index contributed by atoms with van der Waals surface area (Å²) in [7, 11) is 0. The van der Waals surface area contributed by atoms with E-state index in [0.29, 0.717) is 11.6 Å². The van der Waals surface area contributed by atoms with Gasteiger partial charge in [-0.1, -0.05) is 19.8 Å². The molecular weight excluding hydrogens is 238 g/mol. The molecule has 1 heterocycles. The number of rotatable bonds is 7. The van der Waals surface area contributed by atoms with Crippen molar-refractivity contribution in [2.24, 2.45) is 5.92 Å². The Balaban J connectivity index is 1.90. The molecule has 19 heavy (non-hydrogen) atoms. The van der Waals surface area contributed by atoms with Gasteiger partial charge in [-0.3, -0.25) is 4.79 Å². The Morgan fingerprint density at radius 3 is 2.74 bits per heavy atom. The molecule has 0 spiro atoms. The SMILES string of the molecule is CCNc1ccc(C(=O)NC(CC)CC2CC2)cn1. The predicted molar refractivity (Wildman–Crippen MR) is 77.3 cm³/mol. The second-order valence-electron chi connectivity index (χ2n) is 5.22. The van der Waals surface area contributed by atoms with E-state index in [1.165, 1.54) is 12.8 Å². The Morgan fingerprint density at radius 1 is 1.42 bits per heavy atom. The van der Waals surface area contributed by atoms with E-state index in [-0.39, 0.29) is 5.91 Å². The van der Waals surface area contributed by atoms with Crippen molar-refractivity contribution >= 4 is 11.7 Å². The summed E-state index contributed by atoms with van der Waals surface area (Å²) < 4.78 is 0. The number of hydrogen-bond acceptors (Lipinski definition) is 3. The van der Waals surface area contributed by atoms with Gasteiger partial charge in [0.1, 0.15) is 5.82 Å². The first-order chi connectivity index (χ1) is 9.22. The van der Waals surface area contributed by atoms with Crippen LogP contribution in [0.25, 0.3) is 0 Å². The van der Waals surface area contributed by atoms with Gasteiger partial charge in [-0.2, -0.15) is 0 Å². The van der Waals surface area contributed by atoms with Crippen LogP contribution in [0.15, 0.2) is 18.3 Å². The topological polar surface area (TPSA) is 54.0 Å². The van der Waals surface area contributed by atoms with E-state index >= 15 is 0 Å². The molecule has 104 valence electrons. The second-order valence-corrected chi connectivity index (χ2v) is 5.22. The van der Waals surface area contributed by atoms with Crippen molar-refractivity contribution in [1.29, 1.82) is 0 Å². The van der Waals surface area contributed by atoms with Gasteiger partial charge >= 0.3 is 0 Å². The quantitative estimate of drug-likeness (QED) is 0.793. The smallest absolute Gasteiger partial charge is 0.253 e. The zero-order chi connectivity index (χ0) is 13.7. The van der Waals surface area contributed by atoms with Crippen molar-refractivity contribution in [2.45, 2.75) is 45.6 Å². The fourth-order valence-electron chi connectivity index (χ4n) is 2.17. The monoisotopic (exact) mass is 261 g/mol. The molecule has 1 aliphatic rings. The molecule has 1 aliphatic carbocycles. The second kappa shape index (κ2) is 6.55. The Morgan fingerprint density at radius 2 is 2.21 bits per heavy atom. The normalized spacial score (nSPS) is 15.9. The van der Waals surface area contributed by atoms with E-state index in [0.717, 1.165) is 31.1 Å². The zero-order valence-electron chi connectivity index (χ0n) is 11.8. The molecule has 0 aromatic carbocycles. The lowest BCUT2D eigenvalue weighted by molar-refractivity contribution is 0.0932. The Labute approximate surface area is 115 Å². The van der Waals surface area contributed by atoms with E-state index in [9.17, 15) is 4.79 Å². The summed E-state index contributed by atoms with van der Waals surface area (Å²) in [6.45, 7) is 4.98. The highest BCUT2D eigenvalue weighted by molar-refractivity contribution is 5.94. The standard InChI is InChI=1S/C15H23N3O/c1-3-13(9-11-5-6-11)18-15(19)12-7-8-14(16-4-2)17-10-12/h7-8,10-11,13H,3-6,9H2,1-2H3,(H,16,17)(H,18,19). The first kappa shape index (κ1) is 13.8. The Kier molecular flexibility index (Phi) is 4.77. The number of pyridine rings is 1. The van der Waals surface area contributed by atoms with Gasteiger partial charge in [0.15, 0.2) is 0 Å². The molecule has 4 nitrogen and oxygen atoms in total. The highest BCUT2D eigenvalue weighted by Gasteiger charge is 2.25. The number of hydrogen-bond donors (Lipinski definition) is 2. The van der Waals surface area contributed by atoms with Gasteiger partial charge in [-0.05, 0) is 37.8 Å². The first-order valence-corrected chi connectivity index (χ1v) is 7.23. The lowest BCUT2D eigenvalue weighted by Crippen LogP contribution is -2.34. The van der Waals surface area contributed by atoms with Crippen molar-refractivity contribution in [3.8, 4) is 0 Å². The van der Waals surface area contributed by atoms with Gasteiger partial charge in [0.2, 0.25) is 0 Å². The predicted octanol–water partition coefficient (Wildman–Crippen LogP) is 2.82. The zero-order valence-corrected chi connectivity index (χ0v) is 11.8. The first-order valence-electron chi connectivity index (χ1n) is 7.23. The number of nitrogens with one attached hydrogen (secondary N) is 2. The largest absolute Gasteiger partial charge is 0.370 e. The van der Waals surface area contributed by atoms with Crippen LogP contribution in [0.2, 0.25) is 0 Å². The minimum Gasteiger partial charge on any atom is -0.370 e. The molecule has 1 amide bonds. The van der Waals surface area contributed by atoms with Crippen LogP contribution in [0.3, 0.4) is 0 Å². The van der Waals surface area contributed by atoms with Gasteiger partial charge < -0.3 is 10.6 Å². The van der Waals surface area contributed by atoms with Crippen LogP contribution in [0, 0.1) is 5.92 Å². The van der Waals surface area contributed by atoms with Gasteiger partial charge in [-0.15, -0.1) is 0 Å². The number of nitrogens with zero attached hydrogens (tertiary/aromatic N) is 1. The van der Waals surface area contributed by atoms with Crippen molar-refractivity contribution in [2.75, 3.05) is 11.9 Å². The summed E-state index contributed by atoms with van der Waals surface area (Å²) in [6, 6.07) is 3.97. The number of anilines is 1. The summed E-state index contributed by atoms with van der Waals surface area (Å²) >= 11 is 0. The van der Waals surface area contributed by atoms with E-state index in [1.54, 1.807) is 6.20 Å². The molecule has 1 fully saturated rings. The van der Waals surface area contributed by atoms with Crippen molar-refractivity contribution in [3.05, 3.63) is 23.9 Å². The highest BCUT2D eigenvalue weighted by Crippen LogP contribution is 2.34. The van der Waals surface area contributed by atoms with Crippen LogP contribution in [-0.4, -0.2) is 23.5 Å². The molecular formula is C15H23N3O. The lowest BCUT2D eigenvalue weighted by atomic mass is 10.1. The van der Waals surface area contributed by atoms with E-state index < -0.39 is 0 Å². The average Bonchev–Trinajstić information content (AvgIpc) is 3.23. The molecule has 1 aromatic rings. The van der Waals surface area contributed by atoms with Crippen molar-refractivity contribution < 1.29 is 4.79 Å². The van der Waals surface area contributed by atoms with E-state index in [1.807, 2.05) is 19.1 Å². The van der Waals surface area contributed by atoms with Crippen molar-refractivity contribution in [3.63, 3.8) is 0 Å². The van der Waals surface area contributed by atoms with Crippen molar-refractivity contribution in [1.82, 2.24) is 10.3 Å². The van der Waals surface area contributed by atoms with Crippen LogP contribution in [0.4, 0.5) is 5.82 Å².